The normalized spacial score (nSPS) is 13.0. The molecule has 0 saturated heterocycles. The second-order valence-electron chi connectivity index (χ2n) is 6.04. The van der Waals surface area contributed by atoms with Gasteiger partial charge in [-0.25, -0.2) is 4.98 Å². The van der Waals surface area contributed by atoms with Gasteiger partial charge < -0.3 is 11.1 Å². The van der Waals surface area contributed by atoms with Crippen molar-refractivity contribution in [2.45, 2.75) is 32.2 Å². The highest BCUT2D eigenvalue weighted by Gasteiger charge is 2.25. The number of allylic oxidation sites excluding steroid dienone is 2. The van der Waals surface area contributed by atoms with E-state index in [0.717, 1.165) is 23.1 Å². The molecule has 1 amide bonds. The molecule has 0 spiro atoms. The smallest absolute Gasteiger partial charge is 0.247 e. The van der Waals surface area contributed by atoms with Crippen molar-refractivity contribution in [3.05, 3.63) is 53.2 Å². The van der Waals surface area contributed by atoms with Crippen molar-refractivity contribution in [3.63, 3.8) is 0 Å². The number of Topliss-reactive ketones (excluding diaryl/α,β-unsaturated/α-hetero) is 1. The van der Waals surface area contributed by atoms with E-state index in [1.54, 1.807) is 19.1 Å². The van der Waals surface area contributed by atoms with Crippen LogP contribution in [-0.4, -0.2) is 36.0 Å². The maximum absolute atomic E-state index is 13.0. The molecule has 1 aromatic heterocycles. The topological polar surface area (TPSA) is 97.4 Å². The molecule has 1 atom stereocenters. The number of hydrogen-bond donors (Lipinski definition) is 2. The van der Waals surface area contributed by atoms with Gasteiger partial charge in [0.05, 0.1) is 16.3 Å². The Labute approximate surface area is 162 Å². The monoisotopic (exact) mass is 384 g/mol. The van der Waals surface area contributed by atoms with Gasteiger partial charge in [-0.3, -0.25) is 14.6 Å². The van der Waals surface area contributed by atoms with E-state index < -0.39 is 6.04 Å². The van der Waals surface area contributed by atoms with E-state index in [2.05, 4.69) is 22.0 Å². The quantitative estimate of drug-likeness (QED) is 0.216. The number of carbonyl (C=O) groups excluding carboxylic acids is 2. The molecule has 7 heteroatoms. The molecule has 0 saturated carbocycles. The molecule has 1 unspecified atom stereocenters. The van der Waals surface area contributed by atoms with Gasteiger partial charge in [0.15, 0.2) is 5.01 Å². The number of fused-ring (bicyclic) bond motifs is 1. The van der Waals surface area contributed by atoms with Crippen LogP contribution in [0.5, 0.6) is 0 Å². The third-order valence-corrected chi connectivity index (χ3v) is 5.02. The number of para-hydroxylation sites is 1. The fraction of sp³-hybridized carbons (Fsp3) is 0.300. The molecule has 3 N–H and O–H groups in total. The van der Waals surface area contributed by atoms with Gasteiger partial charge in [0, 0.05) is 11.8 Å². The molecule has 27 heavy (non-hydrogen) atoms. The first-order valence-electron chi connectivity index (χ1n) is 8.76. The van der Waals surface area contributed by atoms with Crippen molar-refractivity contribution in [3.8, 4) is 0 Å². The number of amides is 1. The lowest BCUT2D eigenvalue weighted by Crippen LogP contribution is -2.41. The minimum absolute atomic E-state index is 0.169. The van der Waals surface area contributed by atoms with Gasteiger partial charge >= 0.3 is 0 Å². The van der Waals surface area contributed by atoms with Gasteiger partial charge in [0.2, 0.25) is 11.7 Å². The zero-order valence-corrected chi connectivity index (χ0v) is 16.2. The number of aromatic nitrogens is 1. The summed E-state index contributed by atoms with van der Waals surface area (Å²) in [6.45, 7) is 5.57. The highest BCUT2D eigenvalue weighted by molar-refractivity contribution is 7.20. The molecule has 2 rings (SSSR count). The Morgan fingerprint density at radius 3 is 2.85 bits per heavy atom. The Balaban J connectivity index is 2.18. The second-order valence-corrected chi connectivity index (χ2v) is 7.07. The molecule has 0 aliphatic heterocycles. The van der Waals surface area contributed by atoms with E-state index in [1.807, 2.05) is 24.3 Å². The number of nitrogens with one attached hydrogen (secondary N) is 1. The van der Waals surface area contributed by atoms with Crippen LogP contribution in [-0.2, 0) is 4.79 Å². The maximum Gasteiger partial charge on any atom is 0.247 e. The molecule has 1 heterocycles. The number of carbonyl (C=O) groups is 2. The lowest BCUT2D eigenvalue weighted by molar-refractivity contribution is -0.117. The molecule has 0 aliphatic carbocycles. The van der Waals surface area contributed by atoms with Crippen molar-refractivity contribution >= 4 is 40.0 Å². The molecule has 6 nitrogen and oxygen atoms in total. The van der Waals surface area contributed by atoms with Crippen LogP contribution in [0, 0.1) is 0 Å². The molecule has 1 aromatic carbocycles. The molecular weight excluding hydrogens is 360 g/mol. The Hall–Kier alpha value is -2.64. The SMILES string of the molecule is C=N/C=C\C=C(/C)C(=O)NC(CCCCN)C(=O)c1nc2ccccc2s1. The molecule has 0 aliphatic rings. The van der Waals surface area contributed by atoms with Crippen molar-refractivity contribution in [2.24, 2.45) is 10.7 Å². The molecule has 0 radical (unpaired) electrons. The summed E-state index contributed by atoms with van der Waals surface area (Å²) in [6.07, 6.45) is 6.81. The average Bonchev–Trinajstić information content (AvgIpc) is 3.11. The van der Waals surface area contributed by atoms with Gasteiger partial charge in [0.1, 0.15) is 0 Å². The predicted octanol–water partition coefficient (Wildman–Crippen LogP) is 3.25. The number of unbranched alkanes of at least 4 members (excludes halogenated alkanes) is 1. The maximum atomic E-state index is 13.0. The fourth-order valence-corrected chi connectivity index (χ4v) is 3.44. The Morgan fingerprint density at radius 2 is 2.15 bits per heavy atom. The number of benzene rings is 1. The average molecular weight is 385 g/mol. The van der Waals surface area contributed by atoms with Gasteiger partial charge in [-0.05, 0) is 57.7 Å². The molecular formula is C20H24N4O2S. The second kappa shape index (κ2) is 10.5. The van der Waals surface area contributed by atoms with Crippen LogP contribution in [0.4, 0.5) is 0 Å². The number of ketones is 1. The van der Waals surface area contributed by atoms with E-state index in [4.69, 9.17) is 5.73 Å². The van der Waals surface area contributed by atoms with E-state index >= 15 is 0 Å². The molecule has 0 fully saturated rings. The van der Waals surface area contributed by atoms with Gasteiger partial charge in [-0.15, -0.1) is 11.3 Å². The van der Waals surface area contributed by atoms with Crippen LogP contribution < -0.4 is 11.1 Å². The summed E-state index contributed by atoms with van der Waals surface area (Å²) < 4.78 is 0.950. The van der Waals surface area contributed by atoms with Crippen LogP contribution >= 0.6 is 11.3 Å². The third kappa shape index (κ3) is 5.94. The third-order valence-electron chi connectivity index (χ3n) is 3.97. The molecule has 0 bridgehead atoms. The zero-order chi connectivity index (χ0) is 19.6. The van der Waals surface area contributed by atoms with E-state index in [-0.39, 0.29) is 11.7 Å². The Bertz CT molecular complexity index is 837. The van der Waals surface area contributed by atoms with E-state index in [0.29, 0.717) is 23.5 Å². The Morgan fingerprint density at radius 1 is 1.37 bits per heavy atom. The van der Waals surface area contributed by atoms with Crippen LogP contribution in [0.15, 0.2) is 53.2 Å². The van der Waals surface area contributed by atoms with Crippen molar-refractivity contribution in [1.29, 1.82) is 0 Å². The van der Waals surface area contributed by atoms with Crippen molar-refractivity contribution in [2.75, 3.05) is 6.54 Å². The highest BCUT2D eigenvalue weighted by Crippen LogP contribution is 2.23. The highest BCUT2D eigenvalue weighted by atomic mass is 32.1. The van der Waals surface area contributed by atoms with Crippen LogP contribution in [0.1, 0.15) is 36.0 Å². The summed E-state index contributed by atoms with van der Waals surface area (Å²) in [5.41, 5.74) is 6.83. The summed E-state index contributed by atoms with van der Waals surface area (Å²) in [4.78, 5) is 33.4. The predicted molar refractivity (Wildman–Crippen MR) is 111 cm³/mol. The first-order chi connectivity index (χ1) is 13.1. The first-order valence-corrected chi connectivity index (χ1v) is 9.58. The van der Waals surface area contributed by atoms with Crippen LogP contribution in [0.2, 0.25) is 0 Å². The zero-order valence-electron chi connectivity index (χ0n) is 15.4. The van der Waals surface area contributed by atoms with Gasteiger partial charge in [-0.1, -0.05) is 18.2 Å². The van der Waals surface area contributed by atoms with Gasteiger partial charge in [-0.2, -0.15) is 0 Å². The minimum atomic E-state index is -0.630. The van der Waals surface area contributed by atoms with Crippen molar-refractivity contribution < 1.29 is 9.59 Å². The molecule has 142 valence electrons. The number of nitrogens with zero attached hydrogens (tertiary/aromatic N) is 2. The Kier molecular flexibility index (Phi) is 8.03. The van der Waals surface area contributed by atoms with Crippen molar-refractivity contribution in [1.82, 2.24) is 10.3 Å². The van der Waals surface area contributed by atoms with E-state index in [1.165, 1.54) is 17.5 Å². The number of rotatable bonds is 10. The minimum Gasteiger partial charge on any atom is -0.342 e. The molecule has 2 aromatic rings. The summed E-state index contributed by atoms with van der Waals surface area (Å²) in [6, 6.07) is 6.97. The summed E-state index contributed by atoms with van der Waals surface area (Å²) in [7, 11) is 0. The lowest BCUT2D eigenvalue weighted by Gasteiger charge is -2.16. The number of thiazole rings is 1. The summed E-state index contributed by atoms with van der Waals surface area (Å²) >= 11 is 1.34. The van der Waals surface area contributed by atoms with Gasteiger partial charge in [0.25, 0.3) is 0 Å². The largest absolute Gasteiger partial charge is 0.342 e. The van der Waals surface area contributed by atoms with Crippen LogP contribution in [0.25, 0.3) is 10.2 Å². The number of nitrogens with two attached hydrogens (primary N) is 1. The number of aliphatic imine (C=N–C) groups is 1. The standard InChI is InChI=1S/C20H24N4O2S/c1-14(8-7-13-22-2)19(26)23-16(10-5-6-12-21)18(25)20-24-15-9-3-4-11-17(15)27-20/h3-4,7-9,11,13,16H,2,5-6,10,12,21H2,1H3,(H,23,26)/b13-7-,14-8+. The first kappa shape index (κ1) is 20.7. The fourth-order valence-electron chi connectivity index (χ4n) is 2.48. The lowest BCUT2D eigenvalue weighted by atomic mass is 10.0. The summed E-state index contributed by atoms with van der Waals surface area (Å²) in [5.74, 6) is -0.464. The van der Waals surface area contributed by atoms with Crippen LogP contribution in [0.3, 0.4) is 0 Å². The van der Waals surface area contributed by atoms with E-state index in [9.17, 15) is 9.59 Å². The number of hydrogen-bond acceptors (Lipinski definition) is 6. The summed E-state index contributed by atoms with van der Waals surface area (Å²) in [5, 5.41) is 3.24.